The van der Waals surface area contributed by atoms with Crippen molar-refractivity contribution in [3.05, 3.63) is 128 Å². The van der Waals surface area contributed by atoms with Gasteiger partial charge >= 0.3 is 47.8 Å². The monoisotopic (exact) mass is 1160 g/mol. The minimum absolute atomic E-state index is 0.00794. The highest BCUT2D eigenvalue weighted by atomic mass is 19.4. The lowest BCUT2D eigenvalue weighted by molar-refractivity contribution is -0.344. The van der Waals surface area contributed by atoms with Gasteiger partial charge in [-0.2, -0.15) is 52.7 Å². The number of benzene rings is 4. The topological polar surface area (TPSA) is 143 Å². The van der Waals surface area contributed by atoms with E-state index in [1.807, 2.05) is 83.7 Å². The van der Waals surface area contributed by atoms with E-state index < -0.39 is 58.8 Å². The SMILES string of the molecule is CCC(CC)(c1ccc(C#CC(O)(C(F)(F)F)C(F)(F)F)c(C)c1)c1ccc(OC[C@H](O)CCCC(=O)O)c(C)c1.CCC(CC)(c1ccc(C#CC(O)(C(F)(F)F)C(F)(F)F)c(C)c1)c1ccc(OC[C@H]2CCCC(=O)O2)c(C)c1. The molecule has 4 aromatic rings. The number of rotatable bonds is 18. The van der Waals surface area contributed by atoms with Crippen LogP contribution in [0.2, 0.25) is 0 Å². The minimum atomic E-state index is -6.03. The predicted octanol–water partition coefficient (Wildman–Crippen LogP) is 13.7. The predicted molar refractivity (Wildman–Crippen MR) is 278 cm³/mol. The fourth-order valence-corrected chi connectivity index (χ4v) is 9.64. The third-order valence-electron chi connectivity index (χ3n) is 14.8. The van der Waals surface area contributed by atoms with Crippen molar-refractivity contribution in [1.29, 1.82) is 0 Å². The molecule has 0 unspecified atom stereocenters. The molecule has 2 atom stereocenters. The second-order valence-corrected chi connectivity index (χ2v) is 20.1. The van der Waals surface area contributed by atoms with Gasteiger partial charge in [0.1, 0.15) is 30.8 Å². The molecule has 0 spiro atoms. The van der Waals surface area contributed by atoms with Gasteiger partial charge in [0.2, 0.25) is 0 Å². The molecule has 1 fully saturated rings. The number of aliphatic hydroxyl groups excluding tert-OH is 1. The Balaban J connectivity index is 0.000000348. The van der Waals surface area contributed by atoms with Crippen molar-refractivity contribution in [2.24, 2.45) is 0 Å². The summed E-state index contributed by atoms with van der Waals surface area (Å²) >= 11 is 0. The Hall–Kier alpha value is -6.42. The van der Waals surface area contributed by atoms with Gasteiger partial charge in [-0.1, -0.05) is 88.1 Å². The molecule has 81 heavy (non-hydrogen) atoms. The number of cyclic esters (lactones) is 1. The molecule has 0 bridgehead atoms. The molecule has 1 saturated heterocycles. The number of carbonyl (C=O) groups is 2. The lowest BCUT2D eigenvalue weighted by atomic mass is 9.70. The van der Waals surface area contributed by atoms with E-state index in [9.17, 15) is 77.6 Å². The van der Waals surface area contributed by atoms with Crippen LogP contribution in [0.25, 0.3) is 0 Å². The second-order valence-electron chi connectivity index (χ2n) is 20.1. The molecule has 4 aromatic carbocycles. The minimum Gasteiger partial charge on any atom is -0.491 e. The Morgan fingerprint density at radius 3 is 1.31 bits per heavy atom. The number of carboxylic acids is 1. The zero-order chi connectivity index (χ0) is 61.2. The molecule has 0 radical (unpaired) electrons. The van der Waals surface area contributed by atoms with Gasteiger partial charge < -0.3 is 34.6 Å². The van der Waals surface area contributed by atoms with Gasteiger partial charge in [-0.3, -0.25) is 9.59 Å². The van der Waals surface area contributed by atoms with E-state index in [-0.39, 0.29) is 49.3 Å². The molecule has 1 heterocycles. The molecule has 1 aliphatic heterocycles. The Bertz CT molecular complexity index is 2920. The summed E-state index contributed by atoms with van der Waals surface area (Å²) in [5.41, 5.74) is -5.62. The van der Waals surface area contributed by atoms with Crippen LogP contribution in [0, 0.1) is 51.4 Å². The first-order valence-corrected chi connectivity index (χ1v) is 26.1. The quantitative estimate of drug-likeness (QED) is 0.0435. The standard InChI is InChI=1S/C30H34F6O5.C30H32F6O4/c1-5-27(6-2,23-12-13-25(20(4)17-23)41-18-24(37)8-7-9-26(38)39)22-11-10-21(19(3)16-22)14-15-28(40,29(31,32)33)30(34,35)36;1-5-27(6-2,23-12-13-25(20(4)17-23)39-18-24-8-7-9-26(37)40-24)22-11-10-21(19(3)16-22)14-15-28(38,29(31,32)33)30(34,35)36/h10-13,16-17,24,37,40H,5-9,18H2,1-4H3,(H,38,39);10-13,16-17,24,38H,5-9,18H2,1-4H3/t2*24-/m11/s1. The van der Waals surface area contributed by atoms with Crippen molar-refractivity contribution in [1.82, 2.24) is 0 Å². The average molecular weight is 1160 g/mol. The number of aliphatic hydroxyl groups is 3. The van der Waals surface area contributed by atoms with E-state index in [0.717, 1.165) is 58.1 Å². The number of ether oxygens (including phenoxy) is 3. The van der Waals surface area contributed by atoms with Crippen LogP contribution >= 0.6 is 0 Å². The van der Waals surface area contributed by atoms with Gasteiger partial charge in [0.05, 0.1) is 6.10 Å². The highest BCUT2D eigenvalue weighted by Crippen LogP contribution is 2.46. The summed E-state index contributed by atoms with van der Waals surface area (Å²) in [6.07, 6.45) is -20.2. The molecule has 444 valence electrons. The molecular weight excluding hydrogens is 1090 g/mol. The third-order valence-corrected chi connectivity index (χ3v) is 14.8. The normalized spacial score (nSPS) is 15.0. The fourth-order valence-electron chi connectivity index (χ4n) is 9.64. The third kappa shape index (κ3) is 15.6. The highest BCUT2D eigenvalue weighted by molar-refractivity contribution is 5.70. The summed E-state index contributed by atoms with van der Waals surface area (Å²) in [5.74, 6) is 5.80. The summed E-state index contributed by atoms with van der Waals surface area (Å²) in [6.45, 7) is 15.0. The van der Waals surface area contributed by atoms with Gasteiger partial charge in [-0.15, -0.1) is 0 Å². The fraction of sp³-hybridized carbons (Fsp3) is 0.500. The zero-order valence-electron chi connectivity index (χ0n) is 45.9. The van der Waals surface area contributed by atoms with Crippen LogP contribution < -0.4 is 9.47 Å². The van der Waals surface area contributed by atoms with E-state index >= 15 is 0 Å². The largest absolute Gasteiger partial charge is 0.491 e. The number of hydrogen-bond acceptors (Lipinski definition) is 8. The van der Waals surface area contributed by atoms with Crippen LogP contribution in [-0.4, -0.2) is 93.7 Å². The maximum Gasteiger partial charge on any atom is 0.438 e. The Morgan fingerprint density at radius 1 is 0.605 bits per heavy atom. The van der Waals surface area contributed by atoms with Crippen LogP contribution in [0.3, 0.4) is 0 Å². The van der Waals surface area contributed by atoms with Crippen molar-refractivity contribution in [2.45, 2.75) is 179 Å². The van der Waals surface area contributed by atoms with Crippen molar-refractivity contribution < 1.29 is 96.9 Å². The first-order chi connectivity index (χ1) is 37.5. The Labute approximate surface area is 463 Å². The van der Waals surface area contributed by atoms with Crippen LogP contribution in [0.15, 0.2) is 72.8 Å². The van der Waals surface area contributed by atoms with Gasteiger partial charge in [0.15, 0.2) is 0 Å². The molecule has 21 heteroatoms. The molecular formula is C60H66F12O9. The molecule has 1 aliphatic rings. The highest BCUT2D eigenvalue weighted by Gasteiger charge is 2.71. The summed E-state index contributed by atoms with van der Waals surface area (Å²) in [6, 6.07) is 20.7. The Morgan fingerprint density at radius 2 is 0.975 bits per heavy atom. The second kappa shape index (κ2) is 26.7. The van der Waals surface area contributed by atoms with Crippen molar-refractivity contribution in [3.8, 4) is 35.2 Å². The lowest BCUT2D eigenvalue weighted by Crippen LogP contribution is -2.55. The molecule has 4 N–H and O–H groups in total. The summed E-state index contributed by atoms with van der Waals surface area (Å²) < 4.78 is 173. The van der Waals surface area contributed by atoms with E-state index in [1.165, 1.54) is 19.1 Å². The first-order valence-electron chi connectivity index (χ1n) is 26.1. The van der Waals surface area contributed by atoms with E-state index in [4.69, 9.17) is 19.3 Å². The number of esters is 1. The molecule has 0 aliphatic carbocycles. The van der Waals surface area contributed by atoms with Gasteiger partial charge in [-0.25, -0.2) is 0 Å². The van der Waals surface area contributed by atoms with Gasteiger partial charge in [-0.05, 0) is 160 Å². The number of halogens is 12. The number of aryl methyl sites for hydroxylation is 4. The summed E-state index contributed by atoms with van der Waals surface area (Å²) in [4.78, 5) is 22.2. The number of carboxylic acid groups (broad SMARTS) is 1. The molecule has 0 amide bonds. The van der Waals surface area contributed by atoms with Crippen LogP contribution in [0.4, 0.5) is 52.7 Å². The maximum atomic E-state index is 13.0. The average Bonchev–Trinajstić information content (AvgIpc) is 3.38. The van der Waals surface area contributed by atoms with Crippen molar-refractivity contribution >= 4 is 11.9 Å². The van der Waals surface area contributed by atoms with Gasteiger partial charge in [0, 0.05) is 34.8 Å². The Kier molecular flexibility index (Phi) is 22.1. The summed E-state index contributed by atoms with van der Waals surface area (Å²) in [5, 5.41) is 37.5. The van der Waals surface area contributed by atoms with E-state index in [2.05, 4.69) is 0 Å². The van der Waals surface area contributed by atoms with Crippen molar-refractivity contribution in [2.75, 3.05) is 13.2 Å². The summed E-state index contributed by atoms with van der Waals surface area (Å²) in [7, 11) is 0. The lowest BCUT2D eigenvalue weighted by Gasteiger charge is -2.34. The maximum absolute atomic E-state index is 13.0. The van der Waals surface area contributed by atoms with E-state index in [0.29, 0.717) is 61.2 Å². The molecule has 9 nitrogen and oxygen atoms in total. The number of alkyl halides is 12. The number of carbonyl (C=O) groups excluding carboxylic acids is 1. The number of aliphatic carboxylic acids is 1. The molecule has 0 aromatic heterocycles. The van der Waals surface area contributed by atoms with Crippen LogP contribution in [-0.2, 0) is 25.2 Å². The smallest absolute Gasteiger partial charge is 0.438 e. The number of hydrogen-bond donors (Lipinski definition) is 4. The molecule has 0 saturated carbocycles. The van der Waals surface area contributed by atoms with E-state index in [1.54, 1.807) is 37.3 Å². The van der Waals surface area contributed by atoms with Crippen LogP contribution in [0.5, 0.6) is 11.5 Å². The van der Waals surface area contributed by atoms with Crippen LogP contribution in [0.1, 0.15) is 148 Å². The molecule has 5 rings (SSSR count). The zero-order valence-corrected chi connectivity index (χ0v) is 45.9. The first kappa shape index (κ1) is 67.1. The van der Waals surface area contributed by atoms with Gasteiger partial charge in [0.25, 0.3) is 0 Å². The van der Waals surface area contributed by atoms with Crippen molar-refractivity contribution in [3.63, 3.8) is 0 Å².